The molecule has 3 unspecified atom stereocenters. The molecule has 0 aliphatic carbocycles. The molecule has 1 saturated heterocycles. The Morgan fingerprint density at radius 2 is 1.95 bits per heavy atom. The van der Waals surface area contributed by atoms with Crippen LogP contribution in [0.1, 0.15) is 35.3 Å². The first-order valence-corrected chi connectivity index (χ1v) is 7.84. The highest BCUT2D eigenvalue weighted by Crippen LogP contribution is 2.49. The van der Waals surface area contributed by atoms with Gasteiger partial charge in [0.2, 0.25) is 0 Å². The van der Waals surface area contributed by atoms with Crippen molar-refractivity contribution >= 4 is 17.3 Å². The van der Waals surface area contributed by atoms with E-state index in [1.54, 1.807) is 0 Å². The minimum absolute atomic E-state index is 0.210. The molecule has 3 atom stereocenters. The average molecular weight is 300 g/mol. The van der Waals surface area contributed by atoms with Crippen molar-refractivity contribution in [1.29, 1.82) is 0 Å². The quantitative estimate of drug-likeness (QED) is 0.809. The fourth-order valence-electron chi connectivity index (χ4n) is 3.59. The van der Waals surface area contributed by atoms with E-state index in [0.29, 0.717) is 12.0 Å². The van der Waals surface area contributed by atoms with E-state index in [1.165, 1.54) is 22.4 Å². The second-order valence-electron chi connectivity index (χ2n) is 6.01. The van der Waals surface area contributed by atoms with Crippen LogP contribution in [-0.4, -0.2) is 6.61 Å². The van der Waals surface area contributed by atoms with Gasteiger partial charge in [0.15, 0.2) is 0 Å². The van der Waals surface area contributed by atoms with E-state index < -0.39 is 0 Å². The molecule has 1 N–H and O–H groups in total. The summed E-state index contributed by atoms with van der Waals surface area (Å²) in [5, 5.41) is 4.49. The smallest absolute Gasteiger partial charge is 0.0896 e. The van der Waals surface area contributed by atoms with Crippen LogP contribution in [0.5, 0.6) is 0 Å². The predicted molar refractivity (Wildman–Crippen MR) is 85.8 cm³/mol. The SMILES string of the molecule is Cc1ccc2c(c1)C1OCCC1C(c1ccc(Cl)cc1)N2. The zero-order valence-electron chi connectivity index (χ0n) is 12.0. The summed E-state index contributed by atoms with van der Waals surface area (Å²) in [7, 11) is 0. The standard InChI is InChI=1S/C18H18ClNO/c1-11-2-7-16-15(10-11)18-14(8-9-21-18)17(20-16)12-3-5-13(19)6-4-12/h2-7,10,14,17-18,20H,8-9H2,1H3. The van der Waals surface area contributed by atoms with E-state index in [1.807, 2.05) is 12.1 Å². The summed E-state index contributed by atoms with van der Waals surface area (Å²) in [6.45, 7) is 2.98. The van der Waals surface area contributed by atoms with Crippen LogP contribution in [-0.2, 0) is 4.74 Å². The molecule has 2 aromatic carbocycles. The first-order chi connectivity index (χ1) is 10.2. The second-order valence-corrected chi connectivity index (χ2v) is 6.44. The van der Waals surface area contributed by atoms with Gasteiger partial charge in [0.25, 0.3) is 0 Å². The van der Waals surface area contributed by atoms with Crippen molar-refractivity contribution < 1.29 is 4.74 Å². The van der Waals surface area contributed by atoms with E-state index in [9.17, 15) is 0 Å². The zero-order valence-corrected chi connectivity index (χ0v) is 12.7. The fraction of sp³-hybridized carbons (Fsp3) is 0.333. The fourth-order valence-corrected chi connectivity index (χ4v) is 3.72. The Labute approximate surface area is 130 Å². The molecule has 2 aliphatic heterocycles. The van der Waals surface area contributed by atoms with Gasteiger partial charge in [0, 0.05) is 28.8 Å². The summed E-state index contributed by atoms with van der Waals surface area (Å²) in [6, 6.07) is 15.0. The zero-order chi connectivity index (χ0) is 14.4. The van der Waals surface area contributed by atoms with Crippen molar-refractivity contribution in [1.82, 2.24) is 0 Å². The summed E-state index contributed by atoms with van der Waals surface area (Å²) in [6.07, 6.45) is 1.31. The Bertz CT molecular complexity index is 667. The molecule has 0 spiro atoms. The maximum atomic E-state index is 6.05. The molecule has 2 heterocycles. The topological polar surface area (TPSA) is 21.3 Å². The Morgan fingerprint density at radius 3 is 2.76 bits per heavy atom. The minimum Gasteiger partial charge on any atom is -0.378 e. The number of halogens is 1. The molecule has 3 heteroatoms. The molecular formula is C18H18ClNO. The highest BCUT2D eigenvalue weighted by atomic mass is 35.5. The van der Waals surface area contributed by atoms with Gasteiger partial charge >= 0.3 is 0 Å². The molecule has 0 radical (unpaired) electrons. The highest BCUT2D eigenvalue weighted by Gasteiger charge is 2.41. The first-order valence-electron chi connectivity index (χ1n) is 7.46. The molecule has 4 rings (SSSR count). The monoisotopic (exact) mass is 299 g/mol. The summed E-state index contributed by atoms with van der Waals surface area (Å²) in [5.74, 6) is 0.487. The Morgan fingerprint density at radius 1 is 1.14 bits per heavy atom. The van der Waals surface area contributed by atoms with E-state index in [0.717, 1.165) is 18.1 Å². The Balaban J connectivity index is 1.77. The molecule has 21 heavy (non-hydrogen) atoms. The predicted octanol–water partition coefficient (Wildman–Crippen LogP) is 4.89. The summed E-state index contributed by atoms with van der Waals surface area (Å²) >= 11 is 6.02. The molecule has 0 bridgehead atoms. The van der Waals surface area contributed by atoms with Gasteiger partial charge in [-0.25, -0.2) is 0 Å². The van der Waals surface area contributed by atoms with E-state index in [-0.39, 0.29) is 6.10 Å². The third-order valence-electron chi connectivity index (χ3n) is 4.62. The van der Waals surface area contributed by atoms with E-state index in [4.69, 9.17) is 16.3 Å². The van der Waals surface area contributed by atoms with Gasteiger partial charge in [-0.15, -0.1) is 0 Å². The third kappa shape index (κ3) is 2.23. The number of rotatable bonds is 1. The molecular weight excluding hydrogens is 282 g/mol. The Hall–Kier alpha value is -1.51. The first kappa shape index (κ1) is 13.2. The lowest BCUT2D eigenvalue weighted by molar-refractivity contribution is 0.0829. The van der Waals surface area contributed by atoms with Crippen LogP contribution in [0.4, 0.5) is 5.69 Å². The number of fused-ring (bicyclic) bond motifs is 3. The summed E-state index contributed by atoms with van der Waals surface area (Å²) in [4.78, 5) is 0. The molecule has 0 amide bonds. The number of hydrogen-bond donors (Lipinski definition) is 1. The Kier molecular flexibility index (Phi) is 3.16. The molecule has 2 nitrogen and oxygen atoms in total. The molecule has 0 aromatic heterocycles. The number of benzene rings is 2. The van der Waals surface area contributed by atoms with Gasteiger partial charge in [-0.05, 0) is 37.1 Å². The van der Waals surface area contributed by atoms with Crippen LogP contribution < -0.4 is 5.32 Å². The maximum absolute atomic E-state index is 6.05. The number of nitrogens with one attached hydrogen (secondary N) is 1. The highest BCUT2D eigenvalue weighted by molar-refractivity contribution is 6.30. The van der Waals surface area contributed by atoms with E-state index >= 15 is 0 Å². The van der Waals surface area contributed by atoms with Gasteiger partial charge < -0.3 is 10.1 Å². The van der Waals surface area contributed by atoms with Crippen LogP contribution in [0.25, 0.3) is 0 Å². The van der Waals surface area contributed by atoms with Crippen molar-refractivity contribution in [3.63, 3.8) is 0 Å². The van der Waals surface area contributed by atoms with Gasteiger partial charge in [0.1, 0.15) is 0 Å². The molecule has 2 aliphatic rings. The van der Waals surface area contributed by atoms with Gasteiger partial charge in [-0.2, -0.15) is 0 Å². The second kappa shape index (κ2) is 5.04. The molecule has 2 aromatic rings. The van der Waals surface area contributed by atoms with Crippen molar-refractivity contribution in [3.8, 4) is 0 Å². The summed E-state index contributed by atoms with van der Waals surface area (Å²) < 4.78 is 6.05. The lowest BCUT2D eigenvalue weighted by Crippen LogP contribution is -2.29. The van der Waals surface area contributed by atoms with Crippen LogP contribution >= 0.6 is 11.6 Å². The lowest BCUT2D eigenvalue weighted by Gasteiger charge is -2.36. The maximum Gasteiger partial charge on any atom is 0.0896 e. The molecule has 0 saturated carbocycles. The van der Waals surface area contributed by atoms with Gasteiger partial charge in [-0.3, -0.25) is 0 Å². The number of hydrogen-bond acceptors (Lipinski definition) is 2. The minimum atomic E-state index is 0.210. The van der Waals surface area contributed by atoms with E-state index in [2.05, 4.69) is 42.6 Å². The van der Waals surface area contributed by atoms with Crippen molar-refractivity contribution in [2.24, 2.45) is 5.92 Å². The number of ether oxygens (including phenoxy) is 1. The average Bonchev–Trinajstić information content (AvgIpc) is 2.97. The van der Waals surface area contributed by atoms with Crippen molar-refractivity contribution in [3.05, 3.63) is 64.2 Å². The van der Waals surface area contributed by atoms with Crippen molar-refractivity contribution in [2.45, 2.75) is 25.5 Å². The normalized spacial score (nSPS) is 26.9. The van der Waals surface area contributed by atoms with Crippen LogP contribution in [0.15, 0.2) is 42.5 Å². The van der Waals surface area contributed by atoms with Crippen LogP contribution in [0.2, 0.25) is 5.02 Å². The van der Waals surface area contributed by atoms with Crippen molar-refractivity contribution in [2.75, 3.05) is 11.9 Å². The van der Waals surface area contributed by atoms with Gasteiger partial charge in [0.05, 0.1) is 12.1 Å². The number of aryl methyl sites for hydroxylation is 1. The molecule has 1 fully saturated rings. The molecule has 108 valence electrons. The summed E-state index contributed by atoms with van der Waals surface area (Å²) in [5.41, 5.74) is 5.08. The van der Waals surface area contributed by atoms with Crippen LogP contribution in [0.3, 0.4) is 0 Å². The van der Waals surface area contributed by atoms with Crippen LogP contribution in [0, 0.1) is 12.8 Å². The third-order valence-corrected chi connectivity index (χ3v) is 4.87. The van der Waals surface area contributed by atoms with Gasteiger partial charge in [-0.1, -0.05) is 41.4 Å². The largest absolute Gasteiger partial charge is 0.378 e. The number of anilines is 1. The lowest BCUT2D eigenvalue weighted by atomic mass is 9.80.